The molecule has 0 spiro atoms. The number of rotatable bonds is 5. The smallest absolute Gasteiger partial charge is 0.352 e. The van der Waals surface area contributed by atoms with E-state index in [0.717, 1.165) is 11.1 Å². The Kier molecular flexibility index (Phi) is 5.77. The van der Waals surface area contributed by atoms with E-state index in [9.17, 15) is 19.8 Å². The quantitative estimate of drug-likeness (QED) is 0.554. The molecule has 0 fully saturated rings. The van der Waals surface area contributed by atoms with Gasteiger partial charge in [-0.1, -0.05) is 60.1 Å². The fourth-order valence-corrected chi connectivity index (χ4v) is 2.91. The van der Waals surface area contributed by atoms with Crippen LogP contribution in [0.3, 0.4) is 0 Å². The summed E-state index contributed by atoms with van der Waals surface area (Å²) in [5, 5.41) is 22.1. The zero-order valence-electron chi connectivity index (χ0n) is 14.6. The number of carboxylic acid groups (broad SMARTS) is 1. The number of amides is 1. The number of hydrogen-bond donors (Lipinski definition) is 3. The summed E-state index contributed by atoms with van der Waals surface area (Å²) in [4.78, 5) is 23.9. The van der Waals surface area contributed by atoms with E-state index in [1.807, 2.05) is 24.3 Å². The molecule has 3 aromatic rings. The maximum Gasteiger partial charge on any atom is 0.352 e. The predicted octanol–water partition coefficient (Wildman–Crippen LogP) is 4.57. The van der Waals surface area contributed by atoms with Gasteiger partial charge in [-0.3, -0.25) is 4.79 Å². The van der Waals surface area contributed by atoms with Crippen LogP contribution in [0, 0.1) is 0 Å². The number of para-hydroxylation sites is 1. The molecule has 28 heavy (non-hydrogen) atoms. The van der Waals surface area contributed by atoms with Crippen molar-refractivity contribution in [3.63, 3.8) is 0 Å². The van der Waals surface area contributed by atoms with Gasteiger partial charge >= 0.3 is 5.97 Å². The van der Waals surface area contributed by atoms with Gasteiger partial charge in [-0.25, -0.2) is 4.79 Å². The van der Waals surface area contributed by atoms with Gasteiger partial charge in [0.15, 0.2) is 0 Å². The van der Waals surface area contributed by atoms with Crippen molar-refractivity contribution in [2.24, 2.45) is 0 Å². The van der Waals surface area contributed by atoms with Crippen LogP contribution in [0.5, 0.6) is 5.75 Å². The Morgan fingerprint density at radius 3 is 2.36 bits per heavy atom. The molecule has 0 aliphatic rings. The lowest BCUT2D eigenvalue weighted by molar-refractivity contribution is -0.132. The molecule has 0 saturated heterocycles. The molecule has 0 atom stereocenters. The zero-order valence-corrected chi connectivity index (χ0v) is 15.4. The first-order chi connectivity index (χ1) is 13.5. The number of nitrogens with one attached hydrogen (secondary N) is 1. The minimum Gasteiger partial charge on any atom is -0.507 e. The molecule has 0 unspecified atom stereocenters. The minimum absolute atomic E-state index is 0.0144. The van der Waals surface area contributed by atoms with E-state index in [4.69, 9.17) is 11.6 Å². The number of carboxylic acids is 1. The number of aromatic hydroxyl groups is 1. The van der Waals surface area contributed by atoms with E-state index >= 15 is 0 Å². The SMILES string of the molecule is O=C(O)C(=Cc1cccc(-c2ccccc2Cl)c1)NC(=O)c1ccccc1O. The average molecular weight is 394 g/mol. The fourth-order valence-electron chi connectivity index (χ4n) is 2.66. The maximum absolute atomic E-state index is 12.3. The second kappa shape index (κ2) is 8.41. The molecule has 0 saturated carbocycles. The molecule has 3 N–H and O–H groups in total. The number of benzene rings is 3. The molecule has 3 aromatic carbocycles. The van der Waals surface area contributed by atoms with Crippen LogP contribution in [0.25, 0.3) is 17.2 Å². The number of halogens is 1. The van der Waals surface area contributed by atoms with Crippen LogP contribution in [-0.2, 0) is 4.79 Å². The van der Waals surface area contributed by atoms with Gasteiger partial charge in [0.1, 0.15) is 11.4 Å². The highest BCUT2D eigenvalue weighted by molar-refractivity contribution is 6.33. The number of hydrogen-bond acceptors (Lipinski definition) is 3. The molecular formula is C22H16ClNO4. The van der Waals surface area contributed by atoms with Gasteiger partial charge in [-0.15, -0.1) is 0 Å². The number of phenolic OH excluding ortho intramolecular Hbond substituents is 1. The number of carbonyl (C=O) groups is 2. The lowest BCUT2D eigenvalue weighted by Crippen LogP contribution is -2.27. The molecule has 0 aliphatic carbocycles. The van der Waals surface area contributed by atoms with Gasteiger partial charge in [-0.05, 0) is 41.5 Å². The minimum atomic E-state index is -1.30. The monoisotopic (exact) mass is 393 g/mol. The van der Waals surface area contributed by atoms with Crippen LogP contribution < -0.4 is 5.32 Å². The average Bonchev–Trinajstić information content (AvgIpc) is 2.68. The lowest BCUT2D eigenvalue weighted by atomic mass is 10.0. The third-order valence-corrected chi connectivity index (χ3v) is 4.34. The Morgan fingerprint density at radius 1 is 0.929 bits per heavy atom. The molecule has 3 rings (SSSR count). The van der Waals surface area contributed by atoms with Crippen LogP contribution in [0.1, 0.15) is 15.9 Å². The number of phenols is 1. The van der Waals surface area contributed by atoms with Gasteiger partial charge in [0.05, 0.1) is 5.56 Å². The molecule has 0 aliphatic heterocycles. The molecule has 0 radical (unpaired) electrons. The summed E-state index contributed by atoms with van der Waals surface area (Å²) in [6, 6.07) is 20.4. The van der Waals surface area contributed by atoms with Gasteiger partial charge < -0.3 is 15.5 Å². The Hall–Kier alpha value is -3.57. The summed E-state index contributed by atoms with van der Waals surface area (Å²) in [5.41, 5.74) is 1.88. The molecule has 6 heteroatoms. The first-order valence-electron chi connectivity index (χ1n) is 8.35. The maximum atomic E-state index is 12.3. The first kappa shape index (κ1) is 19.2. The van der Waals surface area contributed by atoms with Crippen LogP contribution >= 0.6 is 11.6 Å². The standard InChI is InChI=1S/C22H16ClNO4/c23-18-10-3-1-8-16(18)15-7-5-6-14(12-15)13-19(22(27)28)24-21(26)17-9-2-4-11-20(17)25/h1-13,25H,(H,24,26)(H,27,28). The summed E-state index contributed by atoms with van der Waals surface area (Å²) < 4.78 is 0. The second-order valence-electron chi connectivity index (χ2n) is 5.94. The predicted molar refractivity (Wildman–Crippen MR) is 108 cm³/mol. The third kappa shape index (κ3) is 4.39. The molecule has 1 amide bonds. The Bertz CT molecular complexity index is 1080. The van der Waals surface area contributed by atoms with E-state index in [-0.39, 0.29) is 17.0 Å². The fraction of sp³-hybridized carbons (Fsp3) is 0. The third-order valence-electron chi connectivity index (χ3n) is 4.01. The molecule has 0 heterocycles. The summed E-state index contributed by atoms with van der Waals surface area (Å²) >= 11 is 6.23. The Labute approximate surface area is 166 Å². The van der Waals surface area contributed by atoms with Crippen LogP contribution in [0.2, 0.25) is 5.02 Å². The molecule has 5 nitrogen and oxygen atoms in total. The first-order valence-corrected chi connectivity index (χ1v) is 8.73. The van der Waals surface area contributed by atoms with Crippen LogP contribution in [-0.4, -0.2) is 22.1 Å². The van der Waals surface area contributed by atoms with Gasteiger partial charge in [-0.2, -0.15) is 0 Å². The Morgan fingerprint density at radius 2 is 1.64 bits per heavy atom. The zero-order chi connectivity index (χ0) is 20.1. The van der Waals surface area contributed by atoms with Crippen molar-refractivity contribution in [2.45, 2.75) is 0 Å². The van der Waals surface area contributed by atoms with Gasteiger partial charge in [0.2, 0.25) is 0 Å². The van der Waals surface area contributed by atoms with Crippen molar-refractivity contribution in [3.8, 4) is 16.9 Å². The van der Waals surface area contributed by atoms with Crippen LogP contribution in [0.4, 0.5) is 0 Å². The van der Waals surface area contributed by atoms with E-state index in [1.165, 1.54) is 18.2 Å². The van der Waals surface area contributed by atoms with E-state index in [1.54, 1.807) is 36.4 Å². The molecule has 0 bridgehead atoms. The second-order valence-corrected chi connectivity index (χ2v) is 6.35. The van der Waals surface area contributed by atoms with E-state index in [2.05, 4.69) is 5.32 Å². The highest BCUT2D eigenvalue weighted by Gasteiger charge is 2.16. The molecule has 0 aromatic heterocycles. The van der Waals surface area contributed by atoms with E-state index < -0.39 is 11.9 Å². The molecular weight excluding hydrogens is 378 g/mol. The van der Waals surface area contributed by atoms with Gasteiger partial charge in [0.25, 0.3) is 5.91 Å². The Balaban J connectivity index is 1.92. The normalized spacial score (nSPS) is 11.1. The van der Waals surface area contributed by atoms with Crippen molar-refractivity contribution in [2.75, 3.05) is 0 Å². The topological polar surface area (TPSA) is 86.6 Å². The molecule has 140 valence electrons. The van der Waals surface area contributed by atoms with Crippen LogP contribution in [0.15, 0.2) is 78.5 Å². The summed E-state index contributed by atoms with van der Waals surface area (Å²) in [6.45, 7) is 0. The van der Waals surface area contributed by atoms with Crippen molar-refractivity contribution >= 4 is 29.6 Å². The number of carbonyl (C=O) groups excluding carboxylic acids is 1. The number of aliphatic carboxylic acids is 1. The lowest BCUT2D eigenvalue weighted by Gasteiger charge is -2.09. The largest absolute Gasteiger partial charge is 0.507 e. The van der Waals surface area contributed by atoms with Crippen molar-refractivity contribution in [1.82, 2.24) is 5.32 Å². The van der Waals surface area contributed by atoms with Crippen molar-refractivity contribution in [3.05, 3.63) is 94.6 Å². The summed E-state index contributed by atoms with van der Waals surface area (Å²) in [5.74, 6) is -2.24. The highest BCUT2D eigenvalue weighted by Crippen LogP contribution is 2.28. The summed E-state index contributed by atoms with van der Waals surface area (Å²) in [7, 11) is 0. The van der Waals surface area contributed by atoms with E-state index in [0.29, 0.717) is 10.6 Å². The van der Waals surface area contributed by atoms with Gasteiger partial charge in [0, 0.05) is 10.6 Å². The highest BCUT2D eigenvalue weighted by atomic mass is 35.5. The summed E-state index contributed by atoms with van der Waals surface area (Å²) in [6.07, 6.45) is 1.35. The van der Waals surface area contributed by atoms with Crippen molar-refractivity contribution in [1.29, 1.82) is 0 Å². The van der Waals surface area contributed by atoms with Crippen molar-refractivity contribution < 1.29 is 19.8 Å².